The van der Waals surface area contributed by atoms with Gasteiger partial charge < -0.3 is 5.32 Å². The molecule has 62 valence electrons. The van der Waals surface area contributed by atoms with Crippen LogP contribution in [-0.2, 0) is 0 Å². The van der Waals surface area contributed by atoms with Crippen molar-refractivity contribution in [1.29, 1.82) is 0 Å². The van der Waals surface area contributed by atoms with Crippen LogP contribution in [0.3, 0.4) is 0 Å². The predicted octanol–water partition coefficient (Wildman–Crippen LogP) is 0.816. The minimum absolute atomic E-state index is 0.806. The molecule has 0 bridgehead atoms. The molecule has 1 saturated carbocycles. The van der Waals surface area contributed by atoms with Crippen LogP contribution in [0.2, 0.25) is 5.54 Å². The molecule has 1 N–H and O–H groups in total. The third-order valence-electron chi connectivity index (χ3n) is 3.06. The van der Waals surface area contributed by atoms with Gasteiger partial charge in [0.15, 0.2) is 0 Å². The summed E-state index contributed by atoms with van der Waals surface area (Å²) >= 11 is 0. The van der Waals surface area contributed by atoms with Crippen LogP contribution in [0.15, 0.2) is 12.3 Å². The van der Waals surface area contributed by atoms with Gasteiger partial charge in [0.2, 0.25) is 0 Å². The van der Waals surface area contributed by atoms with E-state index in [1.807, 2.05) is 0 Å². The van der Waals surface area contributed by atoms with Crippen molar-refractivity contribution >= 4 is 10.2 Å². The van der Waals surface area contributed by atoms with E-state index in [4.69, 9.17) is 0 Å². The average Bonchev–Trinajstić information content (AvgIpc) is 2.31. The van der Waals surface area contributed by atoms with Gasteiger partial charge in [0.25, 0.3) is 0 Å². The van der Waals surface area contributed by atoms with Crippen LogP contribution < -0.4 is 5.32 Å². The Kier molecular flexibility index (Phi) is 2.03. The summed E-state index contributed by atoms with van der Waals surface area (Å²) in [6.45, 7) is 0. The monoisotopic (exact) mass is 167 g/mol. The lowest BCUT2D eigenvalue weighted by Crippen LogP contribution is -2.26. The van der Waals surface area contributed by atoms with E-state index in [1.54, 1.807) is 0 Å². The highest BCUT2D eigenvalue weighted by Crippen LogP contribution is 2.31. The first kappa shape index (κ1) is 7.41. The summed E-state index contributed by atoms with van der Waals surface area (Å²) in [6, 6.07) is 0.806. The molecule has 0 saturated heterocycles. The van der Waals surface area contributed by atoms with E-state index in [-0.39, 0.29) is 0 Å². The van der Waals surface area contributed by atoms with Crippen LogP contribution in [0, 0.1) is 5.92 Å². The molecule has 3 unspecified atom stereocenters. The molecule has 0 aromatic carbocycles. The molecule has 2 aliphatic rings. The second kappa shape index (κ2) is 3.01. The molecule has 1 fully saturated rings. The largest absolute Gasteiger partial charge is 0.388 e. The predicted molar refractivity (Wildman–Crippen MR) is 51.7 cm³/mol. The van der Waals surface area contributed by atoms with E-state index in [1.165, 1.54) is 35.9 Å². The van der Waals surface area contributed by atoms with E-state index in [9.17, 15) is 0 Å². The summed E-state index contributed by atoms with van der Waals surface area (Å²) in [5, 5.41) is 3.47. The zero-order valence-corrected chi connectivity index (χ0v) is 9.22. The Morgan fingerprint density at radius 1 is 1.36 bits per heavy atom. The van der Waals surface area contributed by atoms with Gasteiger partial charge >= 0.3 is 0 Å². The molecule has 0 spiro atoms. The Morgan fingerprint density at radius 3 is 3.18 bits per heavy atom. The van der Waals surface area contributed by atoms with Gasteiger partial charge in [-0.3, -0.25) is 0 Å². The van der Waals surface area contributed by atoms with Crippen LogP contribution in [0.25, 0.3) is 0 Å². The highest BCUT2D eigenvalue weighted by Gasteiger charge is 2.26. The molecule has 0 radical (unpaired) electrons. The second-order valence-corrected chi connectivity index (χ2v) is 5.70. The lowest BCUT2D eigenvalue weighted by molar-refractivity contribution is 0.458. The van der Waals surface area contributed by atoms with Gasteiger partial charge in [-0.25, -0.2) is 0 Å². The summed E-state index contributed by atoms with van der Waals surface area (Å²) in [4.78, 5) is 0. The maximum atomic E-state index is 3.47. The summed E-state index contributed by atoms with van der Waals surface area (Å²) in [7, 11) is 1.39. The summed E-state index contributed by atoms with van der Waals surface area (Å²) in [6.07, 6.45) is 10.3. The number of nitrogens with one attached hydrogen (secondary N) is 1. The molecular formula is C9H17NSi. The van der Waals surface area contributed by atoms with E-state index in [2.05, 4.69) is 17.6 Å². The molecule has 1 nitrogen and oxygen atoms in total. The molecular weight excluding hydrogens is 150 g/mol. The normalized spacial score (nSPS) is 43.1. The van der Waals surface area contributed by atoms with Crippen molar-refractivity contribution in [2.75, 3.05) is 0 Å². The van der Waals surface area contributed by atoms with Gasteiger partial charge in [0.1, 0.15) is 0 Å². The van der Waals surface area contributed by atoms with Gasteiger partial charge in [-0.15, -0.1) is 0 Å². The molecule has 0 aromatic heterocycles. The Morgan fingerprint density at radius 2 is 2.27 bits per heavy atom. The molecule has 3 atom stereocenters. The van der Waals surface area contributed by atoms with Gasteiger partial charge in [0, 0.05) is 16.3 Å². The van der Waals surface area contributed by atoms with Crippen LogP contribution in [-0.4, -0.2) is 16.3 Å². The number of rotatable bonds is 0. The smallest absolute Gasteiger partial charge is 0.0318 e. The third-order valence-corrected chi connectivity index (χ3v) is 4.11. The van der Waals surface area contributed by atoms with Crippen LogP contribution in [0.4, 0.5) is 0 Å². The summed E-state index contributed by atoms with van der Waals surface area (Å²) < 4.78 is 0. The molecule has 11 heavy (non-hydrogen) atoms. The fourth-order valence-corrected chi connectivity index (χ4v) is 3.27. The molecule has 1 aliphatic carbocycles. The fraction of sp³-hybridized carbons (Fsp3) is 0.778. The number of hydrogen-bond donors (Lipinski definition) is 1. The standard InChI is InChI=1S/C9H17NSi/c11-8-3-1-2-7-4-5-10-9(7)6-8/h4-5,7-10H,1-3,6H2,11H3. The first-order valence-corrected chi connectivity index (χ1v) is 5.94. The highest BCUT2D eigenvalue weighted by atomic mass is 28.1. The highest BCUT2D eigenvalue weighted by molar-refractivity contribution is 6.11. The fourth-order valence-electron chi connectivity index (χ4n) is 2.35. The zero-order valence-electron chi connectivity index (χ0n) is 7.22. The van der Waals surface area contributed by atoms with Gasteiger partial charge in [-0.05, 0) is 25.0 Å². The lowest BCUT2D eigenvalue weighted by atomic mass is 9.98. The topological polar surface area (TPSA) is 12.0 Å². The van der Waals surface area contributed by atoms with Crippen molar-refractivity contribution in [2.24, 2.45) is 5.92 Å². The maximum absolute atomic E-state index is 3.47. The van der Waals surface area contributed by atoms with E-state index in [0.717, 1.165) is 17.5 Å². The molecule has 0 aromatic rings. The first-order valence-electron chi connectivity index (χ1n) is 4.79. The number of hydrogen-bond acceptors (Lipinski definition) is 1. The average molecular weight is 167 g/mol. The molecule has 2 heteroatoms. The quantitative estimate of drug-likeness (QED) is 0.527. The molecule has 0 amide bonds. The summed E-state index contributed by atoms with van der Waals surface area (Å²) in [5.74, 6) is 0.869. The molecule has 1 aliphatic heterocycles. The Bertz CT molecular complexity index is 167. The van der Waals surface area contributed by atoms with Crippen molar-refractivity contribution in [3.05, 3.63) is 12.3 Å². The Labute approximate surface area is 71.7 Å². The van der Waals surface area contributed by atoms with Crippen LogP contribution in [0.5, 0.6) is 0 Å². The van der Waals surface area contributed by atoms with Crippen molar-refractivity contribution in [1.82, 2.24) is 5.32 Å². The maximum Gasteiger partial charge on any atom is 0.0318 e. The molecule has 2 rings (SSSR count). The number of fused-ring (bicyclic) bond motifs is 1. The van der Waals surface area contributed by atoms with E-state index < -0.39 is 0 Å². The van der Waals surface area contributed by atoms with Crippen molar-refractivity contribution in [3.63, 3.8) is 0 Å². The van der Waals surface area contributed by atoms with Crippen molar-refractivity contribution < 1.29 is 0 Å². The second-order valence-electron chi connectivity index (χ2n) is 4.07. The first-order chi connectivity index (χ1) is 5.36. The van der Waals surface area contributed by atoms with Gasteiger partial charge in [0.05, 0.1) is 0 Å². The minimum Gasteiger partial charge on any atom is -0.388 e. The Hall–Kier alpha value is -0.243. The minimum atomic E-state index is 0.806. The third kappa shape index (κ3) is 1.50. The van der Waals surface area contributed by atoms with Gasteiger partial charge in [-0.1, -0.05) is 24.5 Å². The van der Waals surface area contributed by atoms with E-state index in [0.29, 0.717) is 0 Å². The van der Waals surface area contributed by atoms with Gasteiger partial charge in [-0.2, -0.15) is 0 Å². The van der Waals surface area contributed by atoms with Crippen molar-refractivity contribution in [2.45, 2.75) is 37.3 Å². The van der Waals surface area contributed by atoms with Crippen LogP contribution in [0.1, 0.15) is 25.7 Å². The zero-order chi connectivity index (χ0) is 7.68. The van der Waals surface area contributed by atoms with E-state index >= 15 is 0 Å². The Balaban J connectivity index is 2.01. The van der Waals surface area contributed by atoms with Crippen molar-refractivity contribution in [3.8, 4) is 0 Å². The molecule has 1 heterocycles. The summed E-state index contributed by atoms with van der Waals surface area (Å²) in [5.41, 5.74) is 1.07. The SMILES string of the molecule is [SiH3]C1CCCC2C=CNC2C1. The lowest BCUT2D eigenvalue weighted by Gasteiger charge is -2.17. The van der Waals surface area contributed by atoms with Crippen LogP contribution >= 0.6 is 0 Å².